The largest absolute Gasteiger partial charge is 0.329 e. The molecule has 0 amide bonds. The second-order valence-electron chi connectivity index (χ2n) is 5.89. The Balaban J connectivity index is 2.19. The molecule has 2 rings (SSSR count). The van der Waals surface area contributed by atoms with Crippen molar-refractivity contribution >= 4 is 0 Å². The lowest BCUT2D eigenvalue weighted by Gasteiger charge is -2.33. The van der Waals surface area contributed by atoms with Crippen molar-refractivity contribution in [2.24, 2.45) is 12.8 Å². The first kappa shape index (κ1) is 14.5. The van der Waals surface area contributed by atoms with Crippen LogP contribution in [-0.2, 0) is 7.05 Å². The van der Waals surface area contributed by atoms with Gasteiger partial charge in [0.05, 0.1) is 11.7 Å². The van der Waals surface area contributed by atoms with Crippen molar-refractivity contribution in [3.8, 4) is 0 Å². The maximum atomic E-state index is 6.06. The summed E-state index contributed by atoms with van der Waals surface area (Å²) in [6.07, 6.45) is 4.67. The Hall–Kier alpha value is -0.910. The highest BCUT2D eigenvalue weighted by Crippen LogP contribution is 2.30. The standard InChI is InChI=1S/C14H27N5/c1-11-13(10-18(4)16-11)14(8-15)19-7-5-6-12(19)9-17(2)3/h10,12,14H,5-9,15H2,1-4H3. The Kier molecular flexibility index (Phi) is 4.60. The zero-order valence-electron chi connectivity index (χ0n) is 12.6. The molecular formula is C14H27N5. The molecule has 0 bridgehead atoms. The lowest BCUT2D eigenvalue weighted by Crippen LogP contribution is -2.42. The summed E-state index contributed by atoms with van der Waals surface area (Å²) in [5.74, 6) is 0. The van der Waals surface area contributed by atoms with Crippen LogP contribution in [0.3, 0.4) is 0 Å². The van der Waals surface area contributed by atoms with E-state index in [0.29, 0.717) is 18.6 Å². The molecule has 0 saturated carbocycles. The number of aromatic nitrogens is 2. The molecule has 1 aliphatic heterocycles. The van der Waals surface area contributed by atoms with Crippen LogP contribution in [0.1, 0.15) is 30.1 Å². The van der Waals surface area contributed by atoms with Gasteiger partial charge in [-0.05, 0) is 40.4 Å². The predicted octanol–water partition coefficient (Wildman–Crippen LogP) is 0.754. The van der Waals surface area contributed by atoms with E-state index in [0.717, 1.165) is 18.8 Å². The summed E-state index contributed by atoms with van der Waals surface area (Å²) >= 11 is 0. The zero-order chi connectivity index (χ0) is 14.0. The lowest BCUT2D eigenvalue weighted by molar-refractivity contribution is 0.155. The molecular weight excluding hydrogens is 238 g/mol. The highest BCUT2D eigenvalue weighted by Gasteiger charge is 2.32. The first-order chi connectivity index (χ1) is 9.02. The molecule has 1 fully saturated rings. The number of nitrogens with two attached hydrogens (primary N) is 1. The number of likely N-dealkylation sites (N-methyl/N-ethyl adjacent to an activating group) is 1. The smallest absolute Gasteiger partial charge is 0.0641 e. The van der Waals surface area contributed by atoms with Crippen LogP contribution in [0.4, 0.5) is 0 Å². The van der Waals surface area contributed by atoms with Crippen LogP contribution in [0.2, 0.25) is 0 Å². The van der Waals surface area contributed by atoms with Crippen molar-refractivity contribution < 1.29 is 0 Å². The summed E-state index contributed by atoms with van der Waals surface area (Å²) in [6.45, 7) is 5.00. The molecule has 2 heterocycles. The van der Waals surface area contributed by atoms with Crippen molar-refractivity contribution in [1.82, 2.24) is 19.6 Å². The van der Waals surface area contributed by atoms with E-state index in [1.165, 1.54) is 18.4 Å². The van der Waals surface area contributed by atoms with E-state index in [9.17, 15) is 0 Å². The molecule has 0 radical (unpaired) electrons. The van der Waals surface area contributed by atoms with Gasteiger partial charge in [-0.1, -0.05) is 0 Å². The van der Waals surface area contributed by atoms with E-state index in [1.807, 2.05) is 11.7 Å². The third-order valence-electron chi connectivity index (χ3n) is 4.03. The van der Waals surface area contributed by atoms with Gasteiger partial charge in [0.15, 0.2) is 0 Å². The van der Waals surface area contributed by atoms with Crippen molar-refractivity contribution in [3.63, 3.8) is 0 Å². The Morgan fingerprint density at radius 2 is 2.26 bits per heavy atom. The van der Waals surface area contributed by atoms with Gasteiger partial charge in [0.25, 0.3) is 0 Å². The summed E-state index contributed by atoms with van der Waals surface area (Å²) in [5, 5.41) is 4.46. The van der Waals surface area contributed by atoms with Gasteiger partial charge in [-0.2, -0.15) is 5.10 Å². The van der Waals surface area contributed by atoms with Crippen LogP contribution < -0.4 is 5.73 Å². The fourth-order valence-corrected chi connectivity index (χ4v) is 3.27. The van der Waals surface area contributed by atoms with Crippen LogP contribution in [-0.4, -0.2) is 59.4 Å². The van der Waals surface area contributed by atoms with Crippen molar-refractivity contribution in [1.29, 1.82) is 0 Å². The second kappa shape index (κ2) is 6.03. The Morgan fingerprint density at radius 1 is 1.53 bits per heavy atom. The first-order valence-corrected chi connectivity index (χ1v) is 7.13. The molecule has 2 unspecified atom stereocenters. The minimum absolute atomic E-state index is 0.307. The summed E-state index contributed by atoms with van der Waals surface area (Å²) in [7, 11) is 6.26. The fraction of sp³-hybridized carbons (Fsp3) is 0.786. The van der Waals surface area contributed by atoms with Crippen LogP contribution in [0, 0.1) is 6.92 Å². The Morgan fingerprint density at radius 3 is 2.79 bits per heavy atom. The van der Waals surface area contributed by atoms with E-state index < -0.39 is 0 Å². The molecule has 0 aromatic carbocycles. The summed E-state index contributed by atoms with van der Waals surface area (Å²) in [5.41, 5.74) is 8.46. The summed E-state index contributed by atoms with van der Waals surface area (Å²) in [4.78, 5) is 4.84. The second-order valence-corrected chi connectivity index (χ2v) is 5.89. The first-order valence-electron chi connectivity index (χ1n) is 7.13. The predicted molar refractivity (Wildman–Crippen MR) is 78.0 cm³/mol. The zero-order valence-corrected chi connectivity index (χ0v) is 12.6. The van der Waals surface area contributed by atoms with Gasteiger partial charge >= 0.3 is 0 Å². The molecule has 1 aromatic rings. The fourth-order valence-electron chi connectivity index (χ4n) is 3.27. The number of rotatable bonds is 5. The number of likely N-dealkylation sites (tertiary alicyclic amines) is 1. The minimum atomic E-state index is 0.307. The topological polar surface area (TPSA) is 50.3 Å². The SMILES string of the molecule is Cc1nn(C)cc1C(CN)N1CCCC1CN(C)C. The highest BCUT2D eigenvalue weighted by molar-refractivity contribution is 5.21. The Bertz CT molecular complexity index is 412. The average Bonchev–Trinajstić information content (AvgIpc) is 2.88. The van der Waals surface area contributed by atoms with E-state index in [1.54, 1.807) is 0 Å². The van der Waals surface area contributed by atoms with Gasteiger partial charge in [-0.25, -0.2) is 0 Å². The van der Waals surface area contributed by atoms with Crippen LogP contribution in [0.25, 0.3) is 0 Å². The monoisotopic (exact) mass is 265 g/mol. The van der Waals surface area contributed by atoms with Crippen molar-refractivity contribution in [3.05, 3.63) is 17.5 Å². The molecule has 5 nitrogen and oxygen atoms in total. The maximum Gasteiger partial charge on any atom is 0.0641 e. The molecule has 1 saturated heterocycles. The molecule has 2 atom stereocenters. The molecule has 0 spiro atoms. The van der Waals surface area contributed by atoms with E-state index in [-0.39, 0.29) is 0 Å². The highest BCUT2D eigenvalue weighted by atomic mass is 15.3. The molecule has 1 aromatic heterocycles. The van der Waals surface area contributed by atoms with Gasteiger partial charge < -0.3 is 10.6 Å². The van der Waals surface area contributed by atoms with Crippen LogP contribution in [0.15, 0.2) is 6.20 Å². The van der Waals surface area contributed by atoms with Crippen LogP contribution in [0.5, 0.6) is 0 Å². The van der Waals surface area contributed by atoms with Gasteiger partial charge in [0.1, 0.15) is 0 Å². The molecule has 1 aliphatic rings. The van der Waals surface area contributed by atoms with Gasteiger partial charge in [0.2, 0.25) is 0 Å². The number of aryl methyl sites for hydroxylation is 2. The minimum Gasteiger partial charge on any atom is -0.329 e. The van der Waals surface area contributed by atoms with Crippen LogP contribution >= 0.6 is 0 Å². The molecule has 5 heteroatoms. The van der Waals surface area contributed by atoms with E-state index >= 15 is 0 Å². The maximum absolute atomic E-state index is 6.06. The lowest BCUT2D eigenvalue weighted by atomic mass is 10.1. The molecule has 2 N–H and O–H groups in total. The number of hydrogen-bond donors (Lipinski definition) is 1. The third kappa shape index (κ3) is 3.16. The molecule has 19 heavy (non-hydrogen) atoms. The van der Waals surface area contributed by atoms with Gasteiger partial charge in [-0.3, -0.25) is 9.58 Å². The number of nitrogens with zero attached hydrogens (tertiary/aromatic N) is 4. The van der Waals surface area contributed by atoms with Crippen molar-refractivity contribution in [2.75, 3.05) is 33.7 Å². The van der Waals surface area contributed by atoms with Crippen molar-refractivity contribution in [2.45, 2.75) is 31.8 Å². The quantitative estimate of drug-likeness (QED) is 0.854. The summed E-state index contributed by atoms with van der Waals surface area (Å²) < 4.78 is 1.89. The van der Waals surface area contributed by atoms with Gasteiger partial charge in [0, 0.05) is 37.9 Å². The van der Waals surface area contributed by atoms with E-state index in [4.69, 9.17) is 5.73 Å². The van der Waals surface area contributed by atoms with Gasteiger partial charge in [-0.15, -0.1) is 0 Å². The number of hydrogen-bond acceptors (Lipinski definition) is 4. The third-order valence-corrected chi connectivity index (χ3v) is 4.03. The average molecular weight is 265 g/mol. The normalized spacial score (nSPS) is 22.3. The van der Waals surface area contributed by atoms with E-state index in [2.05, 4.69) is 42.1 Å². The molecule has 0 aliphatic carbocycles. The Labute approximate surface area is 116 Å². The summed E-state index contributed by atoms with van der Waals surface area (Å²) in [6, 6.07) is 0.921. The molecule has 108 valence electrons.